The molecule has 0 atom stereocenters. The Morgan fingerprint density at radius 3 is 2.85 bits per heavy atom. The monoisotopic (exact) mass is 294 g/mol. The van der Waals surface area contributed by atoms with Crippen LogP contribution in [0, 0.1) is 11.2 Å². The second-order valence-electron chi connectivity index (χ2n) is 5.91. The van der Waals surface area contributed by atoms with Gasteiger partial charge in [-0.15, -0.1) is 11.6 Å². The first kappa shape index (κ1) is 13.9. The predicted molar refractivity (Wildman–Crippen MR) is 80.7 cm³/mol. The first-order valence-corrected chi connectivity index (χ1v) is 7.92. The number of alkyl halides is 1. The molecule has 1 heterocycles. The summed E-state index contributed by atoms with van der Waals surface area (Å²) in [7, 11) is 0. The largest absolute Gasteiger partial charge is 0.327 e. The summed E-state index contributed by atoms with van der Waals surface area (Å²) >= 11 is 5.88. The molecule has 1 aromatic heterocycles. The molecule has 2 aromatic rings. The van der Waals surface area contributed by atoms with Crippen LogP contribution in [-0.2, 0) is 13.0 Å². The first-order chi connectivity index (χ1) is 9.69. The van der Waals surface area contributed by atoms with Crippen molar-refractivity contribution in [2.24, 2.45) is 5.41 Å². The lowest BCUT2D eigenvalue weighted by molar-refractivity contribution is 0.387. The SMILES string of the molecule is CCCC1(Cn2c(CCCl)nc3c(F)cccc32)CC1. The maximum Gasteiger partial charge on any atom is 0.151 e. The van der Waals surface area contributed by atoms with Crippen molar-refractivity contribution in [3.8, 4) is 0 Å². The van der Waals surface area contributed by atoms with Gasteiger partial charge in [-0.25, -0.2) is 9.37 Å². The van der Waals surface area contributed by atoms with Gasteiger partial charge in [0.05, 0.1) is 5.52 Å². The summed E-state index contributed by atoms with van der Waals surface area (Å²) in [6, 6.07) is 5.20. The average Bonchev–Trinajstić information content (AvgIpc) is 3.09. The number of hydrogen-bond acceptors (Lipinski definition) is 1. The summed E-state index contributed by atoms with van der Waals surface area (Å²) in [4.78, 5) is 4.48. The highest BCUT2D eigenvalue weighted by molar-refractivity contribution is 6.17. The van der Waals surface area contributed by atoms with Crippen molar-refractivity contribution in [3.05, 3.63) is 29.8 Å². The average molecular weight is 295 g/mol. The van der Waals surface area contributed by atoms with Crippen molar-refractivity contribution < 1.29 is 4.39 Å². The predicted octanol–water partition coefficient (Wildman–Crippen LogP) is 4.54. The summed E-state index contributed by atoms with van der Waals surface area (Å²) in [6.45, 7) is 3.18. The Balaban J connectivity index is 2.03. The van der Waals surface area contributed by atoms with Gasteiger partial charge in [0.2, 0.25) is 0 Å². The number of rotatable bonds is 6. The van der Waals surface area contributed by atoms with Gasteiger partial charge in [-0.3, -0.25) is 0 Å². The molecule has 108 valence electrons. The third kappa shape index (κ3) is 2.44. The minimum atomic E-state index is -0.239. The molecule has 20 heavy (non-hydrogen) atoms. The van der Waals surface area contributed by atoms with Gasteiger partial charge in [-0.1, -0.05) is 19.4 Å². The Bertz CT molecular complexity index is 616. The Kier molecular flexibility index (Phi) is 3.72. The number of benzene rings is 1. The summed E-state index contributed by atoms with van der Waals surface area (Å²) in [5, 5.41) is 0. The van der Waals surface area contributed by atoms with Gasteiger partial charge in [0, 0.05) is 18.8 Å². The molecule has 1 aliphatic carbocycles. The fourth-order valence-corrected chi connectivity index (χ4v) is 3.31. The number of imidazole rings is 1. The summed E-state index contributed by atoms with van der Waals surface area (Å²) in [5.41, 5.74) is 1.81. The van der Waals surface area contributed by atoms with Crippen LogP contribution in [0.25, 0.3) is 11.0 Å². The quantitative estimate of drug-likeness (QED) is 0.715. The topological polar surface area (TPSA) is 17.8 Å². The van der Waals surface area contributed by atoms with Gasteiger partial charge in [0.15, 0.2) is 5.82 Å². The van der Waals surface area contributed by atoms with Gasteiger partial charge in [-0.2, -0.15) is 0 Å². The Morgan fingerprint density at radius 1 is 1.40 bits per heavy atom. The molecule has 1 aliphatic rings. The number of fused-ring (bicyclic) bond motifs is 1. The zero-order valence-corrected chi connectivity index (χ0v) is 12.6. The third-order valence-corrected chi connectivity index (χ3v) is 4.55. The van der Waals surface area contributed by atoms with E-state index in [4.69, 9.17) is 11.6 Å². The fraction of sp³-hybridized carbons (Fsp3) is 0.562. The van der Waals surface area contributed by atoms with Crippen LogP contribution in [0.2, 0.25) is 0 Å². The highest BCUT2D eigenvalue weighted by Crippen LogP contribution is 2.51. The van der Waals surface area contributed by atoms with E-state index in [9.17, 15) is 4.39 Å². The Morgan fingerprint density at radius 2 is 2.20 bits per heavy atom. The van der Waals surface area contributed by atoms with Crippen LogP contribution in [0.5, 0.6) is 0 Å². The van der Waals surface area contributed by atoms with Crippen molar-refractivity contribution in [2.45, 2.75) is 45.6 Å². The molecule has 2 nitrogen and oxygen atoms in total. The molecular weight excluding hydrogens is 275 g/mol. The van der Waals surface area contributed by atoms with Gasteiger partial charge < -0.3 is 4.57 Å². The standard InChI is InChI=1S/C16H20ClFN2/c1-2-7-16(8-9-16)11-20-13-5-3-4-12(18)15(13)19-14(20)6-10-17/h3-5H,2,6-11H2,1H3. The van der Waals surface area contributed by atoms with Crippen molar-refractivity contribution in [1.29, 1.82) is 0 Å². The molecule has 0 amide bonds. The van der Waals surface area contributed by atoms with Crippen LogP contribution in [0.3, 0.4) is 0 Å². The maximum absolute atomic E-state index is 13.9. The van der Waals surface area contributed by atoms with Crippen LogP contribution in [-0.4, -0.2) is 15.4 Å². The van der Waals surface area contributed by atoms with E-state index in [1.807, 2.05) is 6.07 Å². The molecule has 4 heteroatoms. The Labute approximate surface area is 123 Å². The van der Waals surface area contributed by atoms with Gasteiger partial charge in [0.1, 0.15) is 11.3 Å². The van der Waals surface area contributed by atoms with Crippen LogP contribution in [0.1, 0.15) is 38.4 Å². The molecule has 0 spiro atoms. The zero-order chi connectivity index (χ0) is 14.2. The highest BCUT2D eigenvalue weighted by atomic mass is 35.5. The van der Waals surface area contributed by atoms with E-state index < -0.39 is 0 Å². The number of aryl methyl sites for hydroxylation is 1. The molecule has 0 saturated heterocycles. The lowest BCUT2D eigenvalue weighted by atomic mass is 10.0. The summed E-state index contributed by atoms with van der Waals surface area (Å²) < 4.78 is 16.1. The third-order valence-electron chi connectivity index (χ3n) is 4.36. The minimum Gasteiger partial charge on any atom is -0.327 e. The zero-order valence-electron chi connectivity index (χ0n) is 11.8. The van der Waals surface area contributed by atoms with E-state index in [0.29, 0.717) is 23.2 Å². The maximum atomic E-state index is 13.9. The molecule has 1 aromatic carbocycles. The van der Waals surface area contributed by atoms with E-state index in [1.54, 1.807) is 6.07 Å². The summed E-state index contributed by atoms with van der Waals surface area (Å²) in [6.07, 6.45) is 5.68. The molecular formula is C16H20ClFN2. The van der Waals surface area contributed by atoms with E-state index in [0.717, 1.165) is 17.9 Å². The molecule has 1 saturated carbocycles. The smallest absolute Gasteiger partial charge is 0.151 e. The molecule has 0 unspecified atom stereocenters. The van der Waals surface area contributed by atoms with Crippen LogP contribution >= 0.6 is 11.6 Å². The number of para-hydroxylation sites is 1. The second kappa shape index (κ2) is 5.36. The van der Waals surface area contributed by atoms with Crippen LogP contribution < -0.4 is 0 Å². The molecule has 1 fully saturated rings. The number of hydrogen-bond donors (Lipinski definition) is 0. The second-order valence-corrected chi connectivity index (χ2v) is 6.29. The Hall–Kier alpha value is -1.09. The van der Waals surface area contributed by atoms with E-state index in [1.165, 1.54) is 31.7 Å². The summed E-state index contributed by atoms with van der Waals surface area (Å²) in [5.74, 6) is 1.20. The van der Waals surface area contributed by atoms with Crippen molar-refractivity contribution in [3.63, 3.8) is 0 Å². The lowest BCUT2D eigenvalue weighted by Gasteiger charge is -2.17. The van der Waals surface area contributed by atoms with Crippen molar-refractivity contribution in [2.75, 3.05) is 5.88 Å². The lowest BCUT2D eigenvalue weighted by Crippen LogP contribution is -2.14. The van der Waals surface area contributed by atoms with Crippen molar-refractivity contribution >= 4 is 22.6 Å². The number of aromatic nitrogens is 2. The van der Waals surface area contributed by atoms with Gasteiger partial charge in [0.25, 0.3) is 0 Å². The van der Waals surface area contributed by atoms with Crippen LogP contribution in [0.15, 0.2) is 18.2 Å². The van der Waals surface area contributed by atoms with E-state index >= 15 is 0 Å². The molecule has 0 radical (unpaired) electrons. The molecule has 3 rings (SSSR count). The molecule has 0 aliphatic heterocycles. The normalized spacial score (nSPS) is 16.8. The highest BCUT2D eigenvalue weighted by Gasteiger charge is 2.42. The number of nitrogens with zero attached hydrogens (tertiary/aromatic N) is 2. The molecule has 0 N–H and O–H groups in total. The molecule has 0 bridgehead atoms. The fourth-order valence-electron chi connectivity index (χ4n) is 3.14. The van der Waals surface area contributed by atoms with Gasteiger partial charge >= 0.3 is 0 Å². The van der Waals surface area contributed by atoms with Crippen LogP contribution in [0.4, 0.5) is 4.39 Å². The minimum absolute atomic E-state index is 0.239. The van der Waals surface area contributed by atoms with E-state index in [-0.39, 0.29) is 5.82 Å². The van der Waals surface area contributed by atoms with E-state index in [2.05, 4.69) is 16.5 Å². The van der Waals surface area contributed by atoms with Gasteiger partial charge in [-0.05, 0) is 36.8 Å². The first-order valence-electron chi connectivity index (χ1n) is 7.39. The number of halogens is 2. The van der Waals surface area contributed by atoms with Crippen molar-refractivity contribution in [1.82, 2.24) is 9.55 Å².